The average molecular weight is 453 g/mol. The van der Waals surface area contributed by atoms with Gasteiger partial charge in [0.2, 0.25) is 11.7 Å². The Balaban J connectivity index is 1.60. The molecule has 0 bridgehead atoms. The fourth-order valence-electron chi connectivity index (χ4n) is 3.71. The maximum absolute atomic E-state index is 13.3. The third kappa shape index (κ3) is 3.46. The first-order valence-corrected chi connectivity index (χ1v) is 10.8. The number of nitrogen functional groups attached to an aromatic ring is 1. The van der Waals surface area contributed by atoms with Crippen LogP contribution in [0.3, 0.4) is 0 Å². The molecule has 164 valence electrons. The molecule has 0 unspecified atom stereocenters. The zero-order valence-electron chi connectivity index (χ0n) is 17.5. The lowest BCUT2D eigenvalue weighted by molar-refractivity contribution is 0.383. The minimum Gasteiger partial charge on any atom is -0.383 e. The molecule has 1 saturated carbocycles. The van der Waals surface area contributed by atoms with Crippen LogP contribution < -0.4 is 16.6 Å². The number of nitrogens with zero attached hydrogens (tertiary/aromatic N) is 6. The van der Waals surface area contributed by atoms with Gasteiger partial charge in [-0.2, -0.15) is 4.98 Å². The number of aryl methyl sites for hydroxylation is 1. The van der Waals surface area contributed by atoms with Gasteiger partial charge in [0.05, 0.1) is 22.0 Å². The third-order valence-electron chi connectivity index (χ3n) is 5.43. The lowest BCUT2D eigenvalue weighted by atomic mass is 10.2. The van der Waals surface area contributed by atoms with Crippen molar-refractivity contribution in [1.82, 2.24) is 29.7 Å². The van der Waals surface area contributed by atoms with Crippen LogP contribution in [0.5, 0.6) is 0 Å². The van der Waals surface area contributed by atoms with Crippen molar-refractivity contribution in [2.75, 3.05) is 11.1 Å². The molecular formula is C21H21ClN8O2. The van der Waals surface area contributed by atoms with Crippen molar-refractivity contribution in [2.45, 2.75) is 45.2 Å². The normalized spacial score (nSPS) is 14.6. The molecule has 0 radical (unpaired) electrons. The van der Waals surface area contributed by atoms with E-state index in [1.165, 1.54) is 6.33 Å². The molecule has 1 aliphatic carbocycles. The smallest absolute Gasteiger partial charge is 0.263 e. The van der Waals surface area contributed by atoms with Crippen molar-refractivity contribution in [3.63, 3.8) is 0 Å². The van der Waals surface area contributed by atoms with Crippen LogP contribution in [0.25, 0.3) is 22.3 Å². The Bertz CT molecular complexity index is 1380. The molecule has 3 aromatic heterocycles. The van der Waals surface area contributed by atoms with Gasteiger partial charge in [0, 0.05) is 12.5 Å². The van der Waals surface area contributed by atoms with Gasteiger partial charge in [0.1, 0.15) is 29.4 Å². The van der Waals surface area contributed by atoms with Crippen LogP contribution in [0.15, 0.2) is 33.8 Å². The van der Waals surface area contributed by atoms with E-state index in [0.717, 1.165) is 12.8 Å². The molecule has 5 rings (SSSR count). The zero-order chi connectivity index (χ0) is 22.4. The molecule has 4 aromatic rings. The third-order valence-corrected chi connectivity index (χ3v) is 5.74. The number of anilines is 2. The lowest BCUT2D eigenvalue weighted by Gasteiger charge is -2.21. The largest absolute Gasteiger partial charge is 0.383 e. The Morgan fingerprint density at radius 3 is 2.84 bits per heavy atom. The van der Waals surface area contributed by atoms with Gasteiger partial charge in [-0.3, -0.25) is 9.36 Å². The molecule has 32 heavy (non-hydrogen) atoms. The number of rotatable bonds is 6. The Hall–Kier alpha value is -3.53. The van der Waals surface area contributed by atoms with Crippen LogP contribution in [0.1, 0.15) is 50.5 Å². The fraction of sp³-hybridized carbons (Fsp3) is 0.333. The number of hydrogen-bond donors (Lipinski definition) is 2. The molecule has 1 fully saturated rings. The second-order valence-electron chi connectivity index (χ2n) is 7.72. The molecule has 3 N–H and O–H groups in total. The average Bonchev–Trinajstić information content (AvgIpc) is 3.50. The van der Waals surface area contributed by atoms with E-state index in [9.17, 15) is 4.79 Å². The van der Waals surface area contributed by atoms with Gasteiger partial charge >= 0.3 is 0 Å². The summed E-state index contributed by atoms with van der Waals surface area (Å²) in [6, 6.07) is 5.00. The lowest BCUT2D eigenvalue weighted by Crippen LogP contribution is -2.28. The standard InChI is InChI=1S/C21H21ClN8O2/c1-3-14-28-19(29-32-14)16-17(23)24-9-25-18(16)26-10(2)20-27-13-6-4-5-12(22)15(13)21(31)30(20)11-7-8-11/h4-6,9-11H,3,7-8H2,1-2H3,(H3,23,24,25,26)/t10-/m0/s1. The van der Waals surface area contributed by atoms with Gasteiger partial charge in [0.15, 0.2) is 0 Å². The first kappa shape index (κ1) is 20.4. The predicted molar refractivity (Wildman–Crippen MR) is 120 cm³/mol. The van der Waals surface area contributed by atoms with Crippen molar-refractivity contribution in [3.8, 4) is 11.4 Å². The van der Waals surface area contributed by atoms with Crippen LogP contribution in [0, 0.1) is 0 Å². The second-order valence-corrected chi connectivity index (χ2v) is 8.13. The Kier molecular flexibility index (Phi) is 5.01. The summed E-state index contributed by atoms with van der Waals surface area (Å²) in [6.45, 7) is 3.82. The highest BCUT2D eigenvalue weighted by molar-refractivity contribution is 6.35. The zero-order valence-corrected chi connectivity index (χ0v) is 18.3. The molecule has 10 nitrogen and oxygen atoms in total. The molecule has 1 aliphatic rings. The quantitative estimate of drug-likeness (QED) is 0.449. The van der Waals surface area contributed by atoms with E-state index in [4.69, 9.17) is 26.8 Å². The molecular weight excluding hydrogens is 432 g/mol. The summed E-state index contributed by atoms with van der Waals surface area (Å²) < 4.78 is 6.97. The van der Waals surface area contributed by atoms with Gasteiger partial charge in [-0.25, -0.2) is 15.0 Å². The number of nitrogens with one attached hydrogen (secondary N) is 1. The maximum atomic E-state index is 13.3. The van der Waals surface area contributed by atoms with E-state index < -0.39 is 0 Å². The van der Waals surface area contributed by atoms with Crippen molar-refractivity contribution < 1.29 is 4.52 Å². The van der Waals surface area contributed by atoms with Crippen LogP contribution >= 0.6 is 11.6 Å². The maximum Gasteiger partial charge on any atom is 0.263 e. The number of nitrogens with two attached hydrogens (primary N) is 1. The summed E-state index contributed by atoms with van der Waals surface area (Å²) in [7, 11) is 0. The molecule has 0 aliphatic heterocycles. The first-order valence-electron chi connectivity index (χ1n) is 10.4. The monoisotopic (exact) mass is 452 g/mol. The van der Waals surface area contributed by atoms with Gasteiger partial charge in [-0.1, -0.05) is 29.7 Å². The summed E-state index contributed by atoms with van der Waals surface area (Å²) >= 11 is 6.32. The van der Waals surface area contributed by atoms with Crippen LogP contribution in [-0.4, -0.2) is 29.7 Å². The summed E-state index contributed by atoms with van der Waals surface area (Å²) in [5.74, 6) is 2.02. The highest BCUT2D eigenvalue weighted by Gasteiger charge is 2.31. The van der Waals surface area contributed by atoms with E-state index in [2.05, 4.69) is 25.4 Å². The number of fused-ring (bicyclic) bond motifs is 1. The number of halogens is 1. The molecule has 0 amide bonds. The molecule has 1 atom stereocenters. The summed E-state index contributed by atoms with van der Waals surface area (Å²) in [5, 5.41) is 8.16. The number of hydrogen-bond acceptors (Lipinski definition) is 9. The van der Waals surface area contributed by atoms with Crippen LogP contribution in [-0.2, 0) is 6.42 Å². The van der Waals surface area contributed by atoms with Crippen molar-refractivity contribution in [2.24, 2.45) is 0 Å². The Morgan fingerprint density at radius 1 is 1.31 bits per heavy atom. The van der Waals surface area contributed by atoms with Gasteiger partial charge in [0.25, 0.3) is 5.56 Å². The fourth-order valence-corrected chi connectivity index (χ4v) is 3.96. The SMILES string of the molecule is CCc1nc(-c2c(N)ncnc2N[C@@H](C)c2nc3cccc(Cl)c3c(=O)n2C2CC2)no1. The van der Waals surface area contributed by atoms with Crippen molar-refractivity contribution >= 4 is 34.1 Å². The molecule has 11 heteroatoms. The van der Waals surface area contributed by atoms with Crippen LogP contribution in [0.4, 0.5) is 11.6 Å². The number of aromatic nitrogens is 6. The first-order chi connectivity index (χ1) is 15.5. The van der Waals surface area contributed by atoms with Crippen molar-refractivity contribution in [1.29, 1.82) is 0 Å². The number of benzene rings is 1. The van der Waals surface area contributed by atoms with E-state index in [1.807, 2.05) is 13.8 Å². The summed E-state index contributed by atoms with van der Waals surface area (Å²) in [6.07, 6.45) is 3.80. The van der Waals surface area contributed by atoms with Crippen LogP contribution in [0.2, 0.25) is 5.02 Å². The highest BCUT2D eigenvalue weighted by atomic mass is 35.5. The molecule has 0 spiro atoms. The van der Waals surface area contributed by atoms with Crippen molar-refractivity contribution in [3.05, 3.63) is 51.6 Å². The van der Waals surface area contributed by atoms with E-state index >= 15 is 0 Å². The molecule has 0 saturated heterocycles. The Morgan fingerprint density at radius 2 is 2.12 bits per heavy atom. The molecule has 1 aromatic carbocycles. The van der Waals surface area contributed by atoms with Gasteiger partial charge in [-0.05, 0) is 31.9 Å². The van der Waals surface area contributed by atoms with Gasteiger partial charge in [-0.15, -0.1) is 0 Å². The van der Waals surface area contributed by atoms with Gasteiger partial charge < -0.3 is 15.6 Å². The van der Waals surface area contributed by atoms with E-state index in [0.29, 0.717) is 51.3 Å². The Labute approximate surface area is 187 Å². The highest BCUT2D eigenvalue weighted by Crippen LogP contribution is 2.37. The minimum absolute atomic E-state index is 0.106. The van der Waals surface area contributed by atoms with E-state index in [-0.39, 0.29) is 23.5 Å². The second kappa shape index (κ2) is 7.86. The van der Waals surface area contributed by atoms with E-state index in [1.54, 1.807) is 22.8 Å². The molecule has 3 heterocycles. The predicted octanol–water partition coefficient (Wildman–Crippen LogP) is 3.54. The minimum atomic E-state index is -0.378. The summed E-state index contributed by atoms with van der Waals surface area (Å²) in [5.41, 5.74) is 6.97. The summed E-state index contributed by atoms with van der Waals surface area (Å²) in [4.78, 5) is 30.9. The topological polar surface area (TPSA) is 138 Å².